The molecule has 4 rings (SSSR count). The van der Waals surface area contributed by atoms with E-state index in [2.05, 4.69) is 4.98 Å². The van der Waals surface area contributed by atoms with Crippen molar-refractivity contribution in [2.24, 2.45) is 11.8 Å². The molecule has 0 N–H and O–H groups in total. The van der Waals surface area contributed by atoms with Crippen molar-refractivity contribution in [3.05, 3.63) is 54.4 Å². The Hall–Kier alpha value is -2.20. The molecule has 1 aromatic heterocycles. The zero-order valence-corrected chi connectivity index (χ0v) is 13.6. The van der Waals surface area contributed by atoms with E-state index in [4.69, 9.17) is 9.47 Å². The van der Waals surface area contributed by atoms with Gasteiger partial charge in [0.1, 0.15) is 6.10 Å². The van der Waals surface area contributed by atoms with Crippen molar-refractivity contribution in [2.45, 2.75) is 25.4 Å². The predicted octanol–water partition coefficient (Wildman–Crippen LogP) is 3.72. The van der Waals surface area contributed by atoms with E-state index in [1.165, 1.54) is 12.8 Å². The van der Waals surface area contributed by atoms with Gasteiger partial charge in [0, 0.05) is 18.3 Å². The van der Waals surface area contributed by atoms with Crippen molar-refractivity contribution in [3.63, 3.8) is 0 Å². The number of rotatable bonds is 5. The summed E-state index contributed by atoms with van der Waals surface area (Å²) in [7, 11) is 0. The Labute approximate surface area is 141 Å². The highest BCUT2D eigenvalue weighted by molar-refractivity contribution is 5.91. The van der Waals surface area contributed by atoms with Gasteiger partial charge in [0.05, 0.1) is 18.8 Å². The second-order valence-electron chi connectivity index (χ2n) is 6.74. The first-order valence-corrected chi connectivity index (χ1v) is 8.59. The predicted molar refractivity (Wildman–Crippen MR) is 90.5 cm³/mol. The number of aromatic nitrogens is 1. The third kappa shape index (κ3) is 3.49. The lowest BCUT2D eigenvalue weighted by molar-refractivity contribution is 0.0189. The van der Waals surface area contributed by atoms with Gasteiger partial charge in [-0.1, -0.05) is 25.0 Å². The maximum Gasteiger partial charge on any atom is 0.338 e. The van der Waals surface area contributed by atoms with Gasteiger partial charge in [-0.15, -0.1) is 0 Å². The lowest BCUT2D eigenvalue weighted by Crippen LogP contribution is -2.26. The molecule has 2 aromatic rings. The van der Waals surface area contributed by atoms with Crippen molar-refractivity contribution in [3.8, 4) is 11.1 Å². The van der Waals surface area contributed by atoms with Crippen LogP contribution >= 0.6 is 0 Å². The van der Waals surface area contributed by atoms with Crippen LogP contribution in [0.3, 0.4) is 0 Å². The summed E-state index contributed by atoms with van der Waals surface area (Å²) >= 11 is 0. The number of hydrogen-bond acceptors (Lipinski definition) is 4. The first-order valence-electron chi connectivity index (χ1n) is 8.59. The van der Waals surface area contributed by atoms with Crippen LogP contribution in [0.1, 0.15) is 29.6 Å². The van der Waals surface area contributed by atoms with E-state index in [1.54, 1.807) is 18.5 Å². The quantitative estimate of drug-likeness (QED) is 0.787. The van der Waals surface area contributed by atoms with Crippen LogP contribution in [0.25, 0.3) is 11.1 Å². The standard InChI is InChI=1S/C20H21NO3/c22-20(24-19-13-23-12-18(19)10-14-4-5-14)17-3-1-2-16(11-17)15-6-8-21-9-7-15/h1-3,6-9,11,14,18-19H,4-5,10,12-13H2. The van der Waals surface area contributed by atoms with Crippen molar-refractivity contribution in [1.82, 2.24) is 4.98 Å². The van der Waals surface area contributed by atoms with Crippen molar-refractivity contribution in [1.29, 1.82) is 0 Å². The molecule has 2 heterocycles. The molecule has 24 heavy (non-hydrogen) atoms. The summed E-state index contributed by atoms with van der Waals surface area (Å²) in [5.41, 5.74) is 2.61. The van der Waals surface area contributed by atoms with Crippen LogP contribution in [-0.4, -0.2) is 30.3 Å². The molecule has 0 bridgehead atoms. The Bertz CT molecular complexity index is 712. The second-order valence-corrected chi connectivity index (χ2v) is 6.74. The maximum absolute atomic E-state index is 12.5. The fourth-order valence-corrected chi connectivity index (χ4v) is 3.29. The molecule has 1 saturated carbocycles. The largest absolute Gasteiger partial charge is 0.456 e. The summed E-state index contributed by atoms with van der Waals surface area (Å²) in [6.07, 6.45) is 7.13. The second kappa shape index (κ2) is 6.73. The Balaban J connectivity index is 1.46. The molecule has 1 aliphatic heterocycles. The molecular weight excluding hydrogens is 302 g/mol. The number of carbonyl (C=O) groups is 1. The van der Waals surface area contributed by atoms with Gasteiger partial charge in [0.2, 0.25) is 0 Å². The van der Waals surface area contributed by atoms with Gasteiger partial charge in [-0.2, -0.15) is 0 Å². The minimum atomic E-state index is -0.262. The average Bonchev–Trinajstić information content (AvgIpc) is 3.35. The van der Waals surface area contributed by atoms with Crippen LogP contribution in [0.5, 0.6) is 0 Å². The van der Waals surface area contributed by atoms with Crippen LogP contribution in [0.4, 0.5) is 0 Å². The Kier molecular flexibility index (Phi) is 4.30. The van der Waals surface area contributed by atoms with E-state index >= 15 is 0 Å². The number of nitrogens with zero attached hydrogens (tertiary/aromatic N) is 1. The first-order chi connectivity index (χ1) is 11.8. The smallest absolute Gasteiger partial charge is 0.338 e. The summed E-state index contributed by atoms with van der Waals surface area (Å²) in [6, 6.07) is 11.4. The van der Waals surface area contributed by atoms with Gasteiger partial charge in [-0.05, 0) is 47.7 Å². The van der Waals surface area contributed by atoms with Crippen molar-refractivity contribution in [2.75, 3.05) is 13.2 Å². The molecule has 0 radical (unpaired) electrons. The minimum Gasteiger partial charge on any atom is -0.456 e. The van der Waals surface area contributed by atoms with Crippen LogP contribution < -0.4 is 0 Å². The van der Waals surface area contributed by atoms with E-state index in [1.807, 2.05) is 30.3 Å². The van der Waals surface area contributed by atoms with Gasteiger partial charge in [-0.25, -0.2) is 4.79 Å². The van der Waals surface area contributed by atoms with Gasteiger partial charge in [0.15, 0.2) is 0 Å². The Morgan fingerprint density at radius 3 is 2.75 bits per heavy atom. The lowest BCUT2D eigenvalue weighted by atomic mass is 9.99. The topological polar surface area (TPSA) is 48.4 Å². The van der Waals surface area contributed by atoms with Gasteiger partial charge < -0.3 is 9.47 Å². The third-order valence-corrected chi connectivity index (χ3v) is 4.84. The molecule has 2 unspecified atom stereocenters. The highest BCUT2D eigenvalue weighted by Gasteiger charge is 2.36. The molecule has 4 heteroatoms. The van der Waals surface area contributed by atoms with E-state index in [0.717, 1.165) is 23.5 Å². The number of hydrogen-bond donors (Lipinski definition) is 0. The summed E-state index contributed by atoms with van der Waals surface area (Å²) in [5, 5.41) is 0. The van der Waals surface area contributed by atoms with Gasteiger partial charge in [0.25, 0.3) is 0 Å². The highest BCUT2D eigenvalue weighted by atomic mass is 16.6. The molecule has 0 spiro atoms. The van der Waals surface area contributed by atoms with E-state index in [9.17, 15) is 4.79 Å². The number of esters is 1. The van der Waals surface area contributed by atoms with E-state index in [-0.39, 0.29) is 12.1 Å². The number of pyridine rings is 1. The van der Waals surface area contributed by atoms with Gasteiger partial charge >= 0.3 is 5.97 Å². The molecule has 0 amide bonds. The highest BCUT2D eigenvalue weighted by Crippen LogP contribution is 2.38. The number of carbonyl (C=O) groups excluding carboxylic acids is 1. The summed E-state index contributed by atoms with van der Waals surface area (Å²) < 4.78 is 11.3. The molecule has 2 fully saturated rings. The molecule has 4 nitrogen and oxygen atoms in total. The summed E-state index contributed by atoms with van der Waals surface area (Å²) in [6.45, 7) is 1.23. The van der Waals surface area contributed by atoms with E-state index < -0.39 is 0 Å². The minimum absolute atomic E-state index is 0.109. The average molecular weight is 323 g/mol. The van der Waals surface area contributed by atoms with Gasteiger partial charge in [-0.3, -0.25) is 4.98 Å². The van der Waals surface area contributed by atoms with E-state index in [0.29, 0.717) is 24.7 Å². The van der Waals surface area contributed by atoms with Crippen molar-refractivity contribution < 1.29 is 14.3 Å². The lowest BCUT2D eigenvalue weighted by Gasteiger charge is -2.18. The SMILES string of the molecule is O=C(OC1COCC1CC1CC1)c1cccc(-c2ccncc2)c1. The Morgan fingerprint density at radius 1 is 1.12 bits per heavy atom. The van der Waals surface area contributed by atoms with Crippen LogP contribution in [0, 0.1) is 11.8 Å². The van der Waals surface area contributed by atoms with Crippen LogP contribution in [0.15, 0.2) is 48.8 Å². The first kappa shape index (κ1) is 15.3. The summed E-state index contributed by atoms with van der Waals surface area (Å²) in [4.78, 5) is 16.6. The maximum atomic E-state index is 12.5. The molecule has 1 aliphatic carbocycles. The zero-order valence-electron chi connectivity index (χ0n) is 13.6. The molecule has 124 valence electrons. The summed E-state index contributed by atoms with van der Waals surface area (Å²) in [5.74, 6) is 0.903. The molecule has 2 aliphatic rings. The fraction of sp³-hybridized carbons (Fsp3) is 0.400. The van der Waals surface area contributed by atoms with Crippen LogP contribution in [-0.2, 0) is 9.47 Å². The molecule has 1 saturated heterocycles. The third-order valence-electron chi connectivity index (χ3n) is 4.84. The van der Waals surface area contributed by atoms with Crippen LogP contribution in [0.2, 0.25) is 0 Å². The monoisotopic (exact) mass is 323 g/mol. The molecule has 2 atom stereocenters. The van der Waals surface area contributed by atoms with Crippen molar-refractivity contribution >= 4 is 5.97 Å². The number of ether oxygens (including phenoxy) is 2. The molecule has 1 aromatic carbocycles. The normalized spacial score (nSPS) is 23.2. The zero-order chi connectivity index (χ0) is 16.4. The number of benzene rings is 1. The molecular formula is C20H21NO3. The Morgan fingerprint density at radius 2 is 1.96 bits per heavy atom. The fourth-order valence-electron chi connectivity index (χ4n) is 3.29.